The molecule has 2 N–H and O–H groups in total. The summed E-state index contributed by atoms with van der Waals surface area (Å²) in [6.45, 7) is 3.24. The van der Waals surface area contributed by atoms with Crippen molar-refractivity contribution in [3.63, 3.8) is 0 Å². The number of rotatable bonds is 14. The van der Waals surface area contributed by atoms with E-state index in [-0.39, 0.29) is 0 Å². The van der Waals surface area contributed by atoms with Gasteiger partial charge in [-0.05, 0) is 34.6 Å². The van der Waals surface area contributed by atoms with E-state index >= 15 is 0 Å². The van der Waals surface area contributed by atoms with Crippen LogP contribution in [-0.2, 0) is 37.1 Å². The Morgan fingerprint density at radius 1 is 1.00 bits per heavy atom. The average molecular weight is 476 g/mol. The molecule has 12 nitrogen and oxygen atoms in total. The number of hydrogen-bond acceptors (Lipinski definition) is 12. The van der Waals surface area contributed by atoms with Gasteiger partial charge >= 0.3 is 20.1 Å². The fourth-order valence-corrected chi connectivity index (χ4v) is 2.57. The highest BCUT2D eigenvalue weighted by atomic mass is 31.2. The maximum atomic E-state index is 13.3. The summed E-state index contributed by atoms with van der Waals surface area (Å²) < 4.78 is 58.7. The maximum Gasteiger partial charge on any atom is 0.510 e. The third-order valence-corrected chi connectivity index (χ3v) is 4.36. The zero-order chi connectivity index (χ0) is 24.1. The molecule has 0 saturated heterocycles. The lowest BCUT2D eigenvalue weighted by molar-refractivity contribution is -0.105. The molecule has 182 valence electrons. The van der Waals surface area contributed by atoms with E-state index < -0.39 is 70.9 Å². The third-order valence-electron chi connectivity index (χ3n) is 3.07. The molecule has 14 heteroatoms. The number of allylic oxidation sites excluding steroid dienone is 1. The largest absolute Gasteiger partial charge is 0.510 e. The molecule has 0 bridgehead atoms. The van der Waals surface area contributed by atoms with E-state index in [4.69, 9.17) is 13.6 Å². The van der Waals surface area contributed by atoms with Gasteiger partial charge in [-0.15, -0.1) is 0 Å². The van der Waals surface area contributed by atoms with E-state index in [1.807, 2.05) is 0 Å². The molecule has 0 rings (SSSR count). The predicted molar refractivity (Wildman–Crippen MR) is 103 cm³/mol. The molecule has 0 heterocycles. The number of carbonyl (C=O) groups excluding carboxylic acids is 2. The van der Waals surface area contributed by atoms with Crippen LogP contribution < -0.4 is 0 Å². The van der Waals surface area contributed by atoms with E-state index in [1.165, 1.54) is 13.0 Å². The molecule has 0 aromatic carbocycles. The first-order chi connectivity index (χ1) is 14.4. The number of aliphatic hydroxyl groups is 2. The van der Waals surface area contributed by atoms with Crippen molar-refractivity contribution in [1.29, 1.82) is 0 Å². The minimum Gasteiger partial charge on any atom is -0.432 e. The molecular formula is C17H30FO12P. The maximum absolute atomic E-state index is 13.3. The summed E-state index contributed by atoms with van der Waals surface area (Å²) in [6, 6.07) is 0. The molecule has 0 aliphatic rings. The van der Waals surface area contributed by atoms with E-state index in [0.717, 1.165) is 6.08 Å². The smallest absolute Gasteiger partial charge is 0.432 e. The summed E-state index contributed by atoms with van der Waals surface area (Å²) in [7, 11) is -4.70. The Hall–Kier alpha value is -1.76. The summed E-state index contributed by atoms with van der Waals surface area (Å²) in [5.41, 5.74) is -2.50. The highest BCUT2D eigenvalue weighted by Crippen LogP contribution is 2.50. The van der Waals surface area contributed by atoms with Crippen LogP contribution in [-0.4, -0.2) is 73.3 Å². The van der Waals surface area contributed by atoms with Crippen molar-refractivity contribution in [3.8, 4) is 0 Å². The number of aliphatic hydroxyl groups excluding tert-OH is 1. The van der Waals surface area contributed by atoms with Crippen molar-refractivity contribution in [2.75, 3.05) is 26.9 Å². The van der Waals surface area contributed by atoms with Crippen LogP contribution in [0.2, 0.25) is 0 Å². The number of hydrogen-bond donors (Lipinski definition) is 2. The minimum atomic E-state index is -4.70. The van der Waals surface area contributed by atoms with Crippen LogP contribution in [0.25, 0.3) is 0 Å². The zero-order valence-corrected chi connectivity index (χ0v) is 18.9. The third kappa shape index (κ3) is 12.6. The van der Waals surface area contributed by atoms with Gasteiger partial charge in [-0.3, -0.25) is 4.52 Å². The number of ether oxygens (including phenoxy) is 4. The average Bonchev–Trinajstić information content (AvgIpc) is 2.65. The van der Waals surface area contributed by atoms with Gasteiger partial charge in [0.15, 0.2) is 0 Å². The van der Waals surface area contributed by atoms with Crippen LogP contribution in [0, 0.1) is 0 Å². The second-order valence-electron chi connectivity index (χ2n) is 6.54. The van der Waals surface area contributed by atoms with Crippen molar-refractivity contribution in [2.24, 2.45) is 0 Å². The molecule has 0 amide bonds. The van der Waals surface area contributed by atoms with Crippen LogP contribution >= 0.6 is 7.82 Å². The normalized spacial score (nSPS) is 15.0. The molecule has 0 radical (unpaired) electrons. The van der Waals surface area contributed by atoms with Gasteiger partial charge in [0.1, 0.15) is 18.4 Å². The standard InChI is InChI=1S/C17H30FO12P/c1-6-7-14(19)17(22,8-18)9-26-31(23,27-10-24-15(20)29-12(2)3)28-11-25-16(21)30-13(4)5/h6-7,12-14,19,22H,8-11H2,1-5H3/t14-,17+/m0/s1. The SMILES string of the molecule is CC=C[C@H](O)[C@@](O)(CF)COP(=O)(OCOC(=O)OC(C)C)OCOC(=O)OC(C)C. The van der Waals surface area contributed by atoms with Crippen LogP contribution in [0.5, 0.6) is 0 Å². The first kappa shape index (κ1) is 29.2. The molecule has 0 fully saturated rings. The minimum absolute atomic E-state index is 0.500. The molecule has 0 aliphatic carbocycles. The van der Waals surface area contributed by atoms with Gasteiger partial charge in [0, 0.05) is 0 Å². The van der Waals surface area contributed by atoms with Crippen molar-refractivity contribution in [3.05, 3.63) is 12.2 Å². The number of phosphoric ester groups is 1. The highest BCUT2D eigenvalue weighted by molar-refractivity contribution is 7.48. The second-order valence-corrected chi connectivity index (χ2v) is 8.21. The van der Waals surface area contributed by atoms with Crippen molar-refractivity contribution in [1.82, 2.24) is 0 Å². The van der Waals surface area contributed by atoms with Crippen LogP contribution in [0.1, 0.15) is 34.6 Å². The van der Waals surface area contributed by atoms with Gasteiger partial charge < -0.3 is 29.2 Å². The molecule has 31 heavy (non-hydrogen) atoms. The Labute approximate surface area is 179 Å². The van der Waals surface area contributed by atoms with Gasteiger partial charge in [-0.2, -0.15) is 0 Å². The summed E-state index contributed by atoms with van der Waals surface area (Å²) in [5, 5.41) is 20.0. The van der Waals surface area contributed by atoms with E-state index in [2.05, 4.69) is 18.9 Å². The lowest BCUT2D eigenvalue weighted by Gasteiger charge is -2.29. The van der Waals surface area contributed by atoms with Gasteiger partial charge in [0.25, 0.3) is 0 Å². The Balaban J connectivity index is 5.08. The number of phosphoric acid groups is 1. The van der Waals surface area contributed by atoms with Gasteiger partial charge in [0.05, 0.1) is 18.8 Å². The van der Waals surface area contributed by atoms with E-state index in [1.54, 1.807) is 27.7 Å². The highest BCUT2D eigenvalue weighted by Gasteiger charge is 2.39. The van der Waals surface area contributed by atoms with E-state index in [9.17, 15) is 28.8 Å². The monoisotopic (exact) mass is 476 g/mol. The summed E-state index contributed by atoms with van der Waals surface area (Å²) in [5.74, 6) is 0. The van der Waals surface area contributed by atoms with Crippen LogP contribution in [0.15, 0.2) is 12.2 Å². The Kier molecular flexibility index (Phi) is 13.5. The fourth-order valence-electron chi connectivity index (χ4n) is 1.60. The van der Waals surface area contributed by atoms with Crippen molar-refractivity contribution >= 4 is 20.1 Å². The Morgan fingerprint density at radius 3 is 1.81 bits per heavy atom. The van der Waals surface area contributed by atoms with Gasteiger partial charge in [0.2, 0.25) is 13.6 Å². The van der Waals surface area contributed by atoms with Crippen LogP contribution in [0.4, 0.5) is 14.0 Å². The summed E-state index contributed by atoms with van der Waals surface area (Å²) >= 11 is 0. The van der Waals surface area contributed by atoms with Gasteiger partial charge in [-0.1, -0.05) is 12.2 Å². The first-order valence-electron chi connectivity index (χ1n) is 9.17. The van der Waals surface area contributed by atoms with Gasteiger partial charge in [-0.25, -0.2) is 27.6 Å². The number of carbonyl (C=O) groups is 2. The molecule has 0 spiro atoms. The lowest BCUT2D eigenvalue weighted by Crippen LogP contribution is -2.47. The van der Waals surface area contributed by atoms with Crippen molar-refractivity contribution < 1.29 is 61.3 Å². The number of halogens is 1. The zero-order valence-electron chi connectivity index (χ0n) is 18.0. The molecular weight excluding hydrogens is 446 g/mol. The molecule has 0 unspecified atom stereocenters. The summed E-state index contributed by atoms with van der Waals surface area (Å²) in [4.78, 5) is 22.7. The lowest BCUT2D eigenvalue weighted by atomic mass is 9.99. The topological polar surface area (TPSA) is 156 Å². The molecule has 2 atom stereocenters. The predicted octanol–water partition coefficient (Wildman–Crippen LogP) is 2.82. The molecule has 0 aliphatic heterocycles. The first-order valence-corrected chi connectivity index (χ1v) is 10.6. The van der Waals surface area contributed by atoms with Crippen LogP contribution in [0.3, 0.4) is 0 Å². The van der Waals surface area contributed by atoms with Crippen molar-refractivity contribution in [2.45, 2.75) is 58.5 Å². The molecule has 0 aromatic heterocycles. The summed E-state index contributed by atoms with van der Waals surface area (Å²) in [6.07, 6.45) is -2.60. The Bertz CT molecular complexity index is 594. The quantitative estimate of drug-likeness (QED) is 0.164. The Morgan fingerprint density at radius 2 is 1.45 bits per heavy atom. The fraction of sp³-hybridized carbons (Fsp3) is 0.765. The number of alkyl halides is 1. The second kappa shape index (κ2) is 14.3. The van der Waals surface area contributed by atoms with E-state index in [0.29, 0.717) is 0 Å². The molecule has 0 aromatic rings. The molecule has 0 saturated carbocycles.